The van der Waals surface area contributed by atoms with Crippen LogP contribution in [0, 0.1) is 0 Å². The first-order valence-corrected chi connectivity index (χ1v) is 7.51. The predicted molar refractivity (Wildman–Crippen MR) is 87.9 cm³/mol. The molecule has 0 bridgehead atoms. The molecule has 134 valence electrons. The zero-order valence-corrected chi connectivity index (χ0v) is 13.3. The minimum absolute atomic E-state index is 0.0335. The first-order valence-electron chi connectivity index (χ1n) is 7.51. The van der Waals surface area contributed by atoms with Crippen LogP contribution in [0.2, 0.25) is 0 Å². The fraction of sp³-hybridized carbons (Fsp3) is 0.111. The summed E-state index contributed by atoms with van der Waals surface area (Å²) in [5.41, 5.74) is 1.58. The van der Waals surface area contributed by atoms with Crippen LogP contribution in [0.1, 0.15) is 10.4 Å². The van der Waals surface area contributed by atoms with Crippen molar-refractivity contribution >= 4 is 11.6 Å². The highest BCUT2D eigenvalue weighted by Crippen LogP contribution is 2.23. The number of alkyl halides is 3. The van der Waals surface area contributed by atoms with Crippen molar-refractivity contribution in [3.63, 3.8) is 0 Å². The lowest BCUT2D eigenvalue weighted by atomic mass is 10.1. The number of benzene rings is 2. The molecule has 3 aromatic rings. The van der Waals surface area contributed by atoms with E-state index in [1.807, 2.05) is 6.07 Å². The molecule has 26 heavy (non-hydrogen) atoms. The van der Waals surface area contributed by atoms with Gasteiger partial charge in [0.2, 0.25) is 0 Å². The average Bonchev–Trinajstić information content (AvgIpc) is 3.15. The summed E-state index contributed by atoms with van der Waals surface area (Å²) in [6.07, 6.45) is -1.55. The highest BCUT2D eigenvalue weighted by Gasteiger charge is 2.28. The second kappa shape index (κ2) is 7.30. The number of carbonyl (C=O) groups excluding carboxylic acids is 1. The zero-order chi connectivity index (χ0) is 18.6. The Kier molecular flexibility index (Phi) is 4.92. The Balaban J connectivity index is 1.66. The van der Waals surface area contributed by atoms with E-state index in [1.165, 1.54) is 30.7 Å². The number of hydrogen-bond acceptors (Lipinski definition) is 4. The molecule has 0 aliphatic heterocycles. The molecule has 2 aromatic carbocycles. The Hall–Kier alpha value is -3.29. The molecule has 0 spiro atoms. The molecule has 1 heterocycles. The quantitative estimate of drug-likeness (QED) is 0.724. The molecule has 0 saturated carbocycles. The van der Waals surface area contributed by atoms with Gasteiger partial charge in [0, 0.05) is 16.8 Å². The maximum absolute atomic E-state index is 12.3. The lowest BCUT2D eigenvalue weighted by Gasteiger charge is -2.10. The minimum Gasteiger partial charge on any atom is -0.484 e. The molecule has 0 atom stereocenters. The molecule has 8 heteroatoms. The van der Waals surface area contributed by atoms with Gasteiger partial charge in [-0.25, -0.2) is 4.98 Å². The molecule has 1 aromatic heterocycles. The molecule has 0 saturated heterocycles. The van der Waals surface area contributed by atoms with Crippen molar-refractivity contribution in [3.8, 4) is 17.1 Å². The van der Waals surface area contributed by atoms with Crippen molar-refractivity contribution in [2.75, 3.05) is 11.9 Å². The monoisotopic (exact) mass is 362 g/mol. The highest BCUT2D eigenvalue weighted by atomic mass is 19.4. The second-order valence-corrected chi connectivity index (χ2v) is 5.33. The van der Waals surface area contributed by atoms with Gasteiger partial charge in [-0.15, -0.1) is 0 Å². The summed E-state index contributed by atoms with van der Waals surface area (Å²) in [5.74, 6) is 0.195. The van der Waals surface area contributed by atoms with Gasteiger partial charge in [0.1, 0.15) is 5.75 Å². The van der Waals surface area contributed by atoms with E-state index in [1.54, 1.807) is 24.4 Å². The van der Waals surface area contributed by atoms with Gasteiger partial charge < -0.3 is 14.5 Å². The maximum Gasteiger partial charge on any atom is 0.422 e. The zero-order valence-electron chi connectivity index (χ0n) is 13.3. The summed E-state index contributed by atoms with van der Waals surface area (Å²) in [4.78, 5) is 16.1. The van der Waals surface area contributed by atoms with E-state index in [9.17, 15) is 18.0 Å². The van der Waals surface area contributed by atoms with E-state index >= 15 is 0 Å². The highest BCUT2D eigenvalue weighted by molar-refractivity contribution is 6.04. The summed E-state index contributed by atoms with van der Waals surface area (Å²) in [6, 6.07) is 12.4. The number of anilines is 1. The van der Waals surface area contributed by atoms with Gasteiger partial charge in [0.05, 0.1) is 6.20 Å². The van der Waals surface area contributed by atoms with Crippen LogP contribution in [0.5, 0.6) is 5.75 Å². The fourth-order valence-electron chi connectivity index (χ4n) is 2.18. The third kappa shape index (κ3) is 4.62. The van der Waals surface area contributed by atoms with Crippen molar-refractivity contribution in [3.05, 3.63) is 66.7 Å². The Morgan fingerprint density at radius 3 is 2.58 bits per heavy atom. The van der Waals surface area contributed by atoms with E-state index in [0.717, 1.165) is 5.56 Å². The molecule has 1 N–H and O–H groups in total. The van der Waals surface area contributed by atoms with Crippen LogP contribution >= 0.6 is 0 Å². The molecule has 0 radical (unpaired) electrons. The topological polar surface area (TPSA) is 64.4 Å². The molecule has 0 unspecified atom stereocenters. The second-order valence-electron chi connectivity index (χ2n) is 5.33. The number of nitrogens with zero attached hydrogens (tertiary/aromatic N) is 1. The number of nitrogens with one attached hydrogen (secondary N) is 1. The molecular weight excluding hydrogens is 349 g/mol. The molecule has 0 fully saturated rings. The van der Waals surface area contributed by atoms with Crippen LogP contribution in [-0.4, -0.2) is 23.7 Å². The number of rotatable bonds is 5. The first kappa shape index (κ1) is 17.5. The number of carbonyl (C=O) groups is 1. The van der Waals surface area contributed by atoms with Gasteiger partial charge in [-0.2, -0.15) is 13.2 Å². The van der Waals surface area contributed by atoms with E-state index < -0.39 is 18.7 Å². The van der Waals surface area contributed by atoms with Crippen LogP contribution in [0.4, 0.5) is 18.9 Å². The lowest BCUT2D eigenvalue weighted by Crippen LogP contribution is -2.19. The van der Waals surface area contributed by atoms with Crippen molar-refractivity contribution in [2.24, 2.45) is 0 Å². The Bertz CT molecular complexity index is 875. The lowest BCUT2D eigenvalue weighted by molar-refractivity contribution is -0.153. The van der Waals surface area contributed by atoms with Gasteiger partial charge in [0.25, 0.3) is 5.91 Å². The Morgan fingerprint density at radius 2 is 1.92 bits per heavy atom. The van der Waals surface area contributed by atoms with Crippen LogP contribution in [0.3, 0.4) is 0 Å². The number of amides is 1. The van der Waals surface area contributed by atoms with E-state index in [2.05, 4.69) is 15.0 Å². The largest absolute Gasteiger partial charge is 0.484 e. The standard InChI is InChI=1S/C18H13F3N2O3/c19-18(20,21)10-25-15-6-4-12(5-7-15)17(24)23-14-3-1-2-13(8-14)16-9-22-11-26-16/h1-9,11H,10H2,(H,23,24). The van der Waals surface area contributed by atoms with Crippen LogP contribution in [0.25, 0.3) is 11.3 Å². The fourth-order valence-corrected chi connectivity index (χ4v) is 2.18. The molecule has 0 aliphatic rings. The van der Waals surface area contributed by atoms with Crippen LogP contribution in [0.15, 0.2) is 65.5 Å². The molecular formula is C18H13F3N2O3. The Morgan fingerprint density at radius 1 is 1.15 bits per heavy atom. The van der Waals surface area contributed by atoms with E-state index in [0.29, 0.717) is 11.4 Å². The smallest absolute Gasteiger partial charge is 0.422 e. The van der Waals surface area contributed by atoms with Gasteiger partial charge in [-0.05, 0) is 36.4 Å². The van der Waals surface area contributed by atoms with Gasteiger partial charge in [0.15, 0.2) is 18.8 Å². The number of oxazole rings is 1. The van der Waals surface area contributed by atoms with Gasteiger partial charge >= 0.3 is 6.18 Å². The summed E-state index contributed by atoms with van der Waals surface area (Å²) >= 11 is 0. The van der Waals surface area contributed by atoms with Crippen molar-refractivity contribution in [2.45, 2.75) is 6.18 Å². The third-order valence-electron chi connectivity index (χ3n) is 3.36. The predicted octanol–water partition coefficient (Wildman–Crippen LogP) is 4.54. The van der Waals surface area contributed by atoms with Crippen molar-refractivity contribution < 1.29 is 27.1 Å². The maximum atomic E-state index is 12.3. The summed E-state index contributed by atoms with van der Waals surface area (Å²) in [5, 5.41) is 2.71. The van der Waals surface area contributed by atoms with Crippen molar-refractivity contribution in [1.29, 1.82) is 0 Å². The van der Waals surface area contributed by atoms with E-state index in [-0.39, 0.29) is 11.3 Å². The number of hydrogen-bond donors (Lipinski definition) is 1. The SMILES string of the molecule is O=C(Nc1cccc(-c2cnco2)c1)c1ccc(OCC(F)(F)F)cc1. The Labute approximate surface area is 146 Å². The normalized spacial score (nSPS) is 11.2. The van der Waals surface area contributed by atoms with Crippen LogP contribution < -0.4 is 10.1 Å². The van der Waals surface area contributed by atoms with E-state index in [4.69, 9.17) is 4.42 Å². The van der Waals surface area contributed by atoms with Crippen molar-refractivity contribution in [1.82, 2.24) is 4.98 Å². The molecule has 3 rings (SSSR count). The summed E-state index contributed by atoms with van der Waals surface area (Å²) < 4.78 is 46.2. The molecule has 1 amide bonds. The summed E-state index contributed by atoms with van der Waals surface area (Å²) in [6.45, 7) is -1.38. The third-order valence-corrected chi connectivity index (χ3v) is 3.36. The number of halogens is 3. The molecule has 5 nitrogen and oxygen atoms in total. The number of ether oxygens (including phenoxy) is 1. The average molecular weight is 362 g/mol. The molecule has 0 aliphatic carbocycles. The minimum atomic E-state index is -4.41. The van der Waals surface area contributed by atoms with Crippen LogP contribution in [-0.2, 0) is 0 Å². The first-order chi connectivity index (χ1) is 12.4. The van der Waals surface area contributed by atoms with Gasteiger partial charge in [-0.3, -0.25) is 4.79 Å². The summed E-state index contributed by atoms with van der Waals surface area (Å²) in [7, 11) is 0. The number of aromatic nitrogens is 1. The van der Waals surface area contributed by atoms with Gasteiger partial charge in [-0.1, -0.05) is 12.1 Å².